The highest BCUT2D eigenvalue weighted by Gasteiger charge is 2.38. The number of halogens is 1. The summed E-state index contributed by atoms with van der Waals surface area (Å²) >= 11 is 0. The summed E-state index contributed by atoms with van der Waals surface area (Å²) < 4.78 is 12.9. The molecule has 1 fully saturated rings. The topological polar surface area (TPSA) is 58.2 Å². The van der Waals surface area contributed by atoms with Gasteiger partial charge in [-0.2, -0.15) is 0 Å². The predicted molar refractivity (Wildman–Crippen MR) is 74.7 cm³/mol. The van der Waals surface area contributed by atoms with E-state index in [2.05, 4.69) is 10.6 Å². The molecule has 0 saturated heterocycles. The van der Waals surface area contributed by atoms with Crippen molar-refractivity contribution in [1.82, 2.24) is 5.32 Å². The molecular formula is C15H19FN2O2. The van der Waals surface area contributed by atoms with Gasteiger partial charge >= 0.3 is 0 Å². The Labute approximate surface area is 117 Å². The van der Waals surface area contributed by atoms with E-state index in [1.54, 1.807) is 6.92 Å². The molecule has 1 aromatic rings. The zero-order valence-corrected chi connectivity index (χ0v) is 11.7. The highest BCUT2D eigenvalue weighted by atomic mass is 19.1. The monoisotopic (exact) mass is 278 g/mol. The van der Waals surface area contributed by atoms with Gasteiger partial charge in [0.1, 0.15) is 5.82 Å². The second-order valence-electron chi connectivity index (χ2n) is 5.37. The van der Waals surface area contributed by atoms with Gasteiger partial charge in [0.2, 0.25) is 11.8 Å². The van der Waals surface area contributed by atoms with Crippen molar-refractivity contribution in [3.8, 4) is 0 Å². The molecule has 0 aromatic heterocycles. The lowest BCUT2D eigenvalue weighted by molar-refractivity contribution is -0.122. The Morgan fingerprint density at radius 2 is 2.10 bits per heavy atom. The third-order valence-electron chi connectivity index (χ3n) is 3.56. The Morgan fingerprint density at radius 1 is 1.40 bits per heavy atom. The van der Waals surface area contributed by atoms with Crippen LogP contribution in [0.5, 0.6) is 0 Å². The summed E-state index contributed by atoms with van der Waals surface area (Å²) in [4.78, 5) is 23.3. The number of rotatable bonds is 5. The summed E-state index contributed by atoms with van der Waals surface area (Å²) in [6.07, 6.45) is 1.15. The van der Waals surface area contributed by atoms with Gasteiger partial charge < -0.3 is 10.6 Å². The van der Waals surface area contributed by atoms with Crippen molar-refractivity contribution in [2.75, 3.05) is 11.9 Å². The summed E-state index contributed by atoms with van der Waals surface area (Å²) in [6.45, 7) is 4.09. The Hall–Kier alpha value is -1.91. The van der Waals surface area contributed by atoms with E-state index >= 15 is 0 Å². The maximum absolute atomic E-state index is 12.9. The zero-order chi connectivity index (χ0) is 14.7. The smallest absolute Gasteiger partial charge is 0.226 e. The average Bonchev–Trinajstić information content (AvgIpc) is 3.10. The summed E-state index contributed by atoms with van der Waals surface area (Å²) in [5.41, 5.74) is 1.27. The van der Waals surface area contributed by atoms with Crippen LogP contribution in [0.4, 0.5) is 10.1 Å². The van der Waals surface area contributed by atoms with Gasteiger partial charge in [-0.1, -0.05) is 6.92 Å². The van der Waals surface area contributed by atoms with Crippen LogP contribution in [0.2, 0.25) is 0 Å². The average molecular weight is 278 g/mol. The molecule has 2 rings (SSSR count). The minimum atomic E-state index is -0.327. The molecule has 0 heterocycles. The largest absolute Gasteiger partial charge is 0.355 e. The molecule has 0 unspecified atom stereocenters. The number of aryl methyl sites for hydroxylation is 1. The van der Waals surface area contributed by atoms with E-state index in [9.17, 15) is 14.0 Å². The van der Waals surface area contributed by atoms with Gasteiger partial charge in [-0.05, 0) is 43.0 Å². The SMILES string of the molecule is Cc1cc(F)ccc1NC(=O)CCNC(=O)[C@@H]1C[C@H]1C. The molecule has 0 radical (unpaired) electrons. The van der Waals surface area contributed by atoms with Crippen LogP contribution in [0.15, 0.2) is 18.2 Å². The van der Waals surface area contributed by atoms with Gasteiger partial charge in [0.15, 0.2) is 0 Å². The molecule has 0 bridgehead atoms. The van der Waals surface area contributed by atoms with E-state index in [4.69, 9.17) is 0 Å². The standard InChI is InChI=1S/C15H19FN2O2/c1-9-8-12(9)15(20)17-6-5-14(19)18-13-4-3-11(16)7-10(13)2/h3-4,7,9,12H,5-6,8H2,1-2H3,(H,17,20)(H,18,19)/t9-,12-/m1/s1. The van der Waals surface area contributed by atoms with Crippen LogP contribution in [0, 0.1) is 24.6 Å². The van der Waals surface area contributed by atoms with Crippen LogP contribution < -0.4 is 10.6 Å². The van der Waals surface area contributed by atoms with Crippen molar-refractivity contribution in [2.24, 2.45) is 11.8 Å². The van der Waals surface area contributed by atoms with E-state index in [1.807, 2.05) is 6.92 Å². The molecule has 1 aliphatic carbocycles. The Morgan fingerprint density at radius 3 is 2.70 bits per heavy atom. The maximum Gasteiger partial charge on any atom is 0.226 e. The molecule has 1 saturated carbocycles. The summed E-state index contributed by atoms with van der Waals surface area (Å²) in [5, 5.41) is 5.46. The van der Waals surface area contributed by atoms with Crippen LogP contribution in [0.3, 0.4) is 0 Å². The first-order chi connectivity index (χ1) is 9.47. The molecular weight excluding hydrogens is 259 g/mol. The van der Waals surface area contributed by atoms with Crippen LogP contribution >= 0.6 is 0 Å². The number of anilines is 1. The fourth-order valence-corrected chi connectivity index (χ4v) is 2.10. The van der Waals surface area contributed by atoms with Gasteiger partial charge in [-0.25, -0.2) is 4.39 Å². The quantitative estimate of drug-likeness (QED) is 0.867. The van der Waals surface area contributed by atoms with Gasteiger partial charge in [0.05, 0.1) is 0 Å². The van der Waals surface area contributed by atoms with Crippen molar-refractivity contribution in [1.29, 1.82) is 0 Å². The highest BCUT2D eigenvalue weighted by Crippen LogP contribution is 2.37. The van der Waals surface area contributed by atoms with E-state index in [-0.39, 0.29) is 30.0 Å². The minimum absolute atomic E-state index is 0.0308. The van der Waals surface area contributed by atoms with Crippen molar-refractivity contribution in [3.63, 3.8) is 0 Å². The highest BCUT2D eigenvalue weighted by molar-refractivity contribution is 5.92. The van der Waals surface area contributed by atoms with Crippen LogP contribution in [0.1, 0.15) is 25.3 Å². The van der Waals surface area contributed by atoms with Crippen LogP contribution in [-0.2, 0) is 9.59 Å². The zero-order valence-electron chi connectivity index (χ0n) is 11.7. The number of amides is 2. The maximum atomic E-state index is 12.9. The van der Waals surface area contributed by atoms with E-state index in [0.29, 0.717) is 23.7 Å². The lowest BCUT2D eigenvalue weighted by atomic mass is 10.2. The molecule has 20 heavy (non-hydrogen) atoms. The minimum Gasteiger partial charge on any atom is -0.355 e. The first-order valence-corrected chi connectivity index (χ1v) is 6.81. The number of benzene rings is 1. The van der Waals surface area contributed by atoms with Gasteiger partial charge in [0, 0.05) is 24.6 Å². The molecule has 1 aromatic carbocycles. The lowest BCUT2D eigenvalue weighted by Crippen LogP contribution is -2.29. The van der Waals surface area contributed by atoms with Crippen LogP contribution in [-0.4, -0.2) is 18.4 Å². The first kappa shape index (κ1) is 14.5. The molecule has 2 atom stereocenters. The second kappa shape index (κ2) is 6.03. The van der Waals surface area contributed by atoms with Crippen LogP contribution in [0.25, 0.3) is 0 Å². The number of carbonyl (C=O) groups excluding carboxylic acids is 2. The third kappa shape index (κ3) is 3.79. The van der Waals surface area contributed by atoms with E-state index < -0.39 is 0 Å². The van der Waals surface area contributed by atoms with Gasteiger partial charge in [0.25, 0.3) is 0 Å². The third-order valence-corrected chi connectivity index (χ3v) is 3.56. The second-order valence-corrected chi connectivity index (χ2v) is 5.37. The molecule has 0 aliphatic heterocycles. The summed E-state index contributed by atoms with van der Waals surface area (Å²) in [5.74, 6) is 0.0986. The molecule has 5 heteroatoms. The van der Waals surface area contributed by atoms with Gasteiger partial charge in [-0.15, -0.1) is 0 Å². The Bertz CT molecular complexity index is 531. The molecule has 2 N–H and O–H groups in total. The number of nitrogens with one attached hydrogen (secondary N) is 2. The molecule has 108 valence electrons. The van der Waals surface area contributed by atoms with Crippen molar-refractivity contribution in [3.05, 3.63) is 29.6 Å². The lowest BCUT2D eigenvalue weighted by Gasteiger charge is -2.09. The predicted octanol–water partition coefficient (Wildman–Crippen LogP) is 2.23. The van der Waals surface area contributed by atoms with E-state index in [0.717, 1.165) is 6.42 Å². The summed E-state index contributed by atoms with van der Waals surface area (Å²) in [6, 6.07) is 4.21. The fourth-order valence-electron chi connectivity index (χ4n) is 2.10. The van der Waals surface area contributed by atoms with Crippen molar-refractivity contribution in [2.45, 2.75) is 26.7 Å². The molecule has 1 aliphatic rings. The number of hydrogen-bond acceptors (Lipinski definition) is 2. The molecule has 0 spiro atoms. The Kier molecular flexibility index (Phi) is 4.37. The van der Waals surface area contributed by atoms with E-state index in [1.165, 1.54) is 18.2 Å². The molecule has 4 nitrogen and oxygen atoms in total. The van der Waals surface area contributed by atoms with Crippen molar-refractivity contribution < 1.29 is 14.0 Å². The fraction of sp³-hybridized carbons (Fsp3) is 0.467. The normalized spacial score (nSPS) is 20.4. The number of hydrogen-bond donors (Lipinski definition) is 2. The summed E-state index contributed by atoms with van der Waals surface area (Å²) in [7, 11) is 0. The first-order valence-electron chi connectivity index (χ1n) is 6.81. The molecule has 2 amide bonds. The van der Waals surface area contributed by atoms with Crippen molar-refractivity contribution >= 4 is 17.5 Å². The van der Waals surface area contributed by atoms with Gasteiger partial charge in [-0.3, -0.25) is 9.59 Å². The number of carbonyl (C=O) groups is 2. The Balaban J connectivity index is 1.73.